The lowest BCUT2D eigenvalue weighted by molar-refractivity contribution is -0.144. The number of rotatable bonds is 4. The molecule has 2 aromatic heterocycles. The molecule has 0 aliphatic rings. The summed E-state index contributed by atoms with van der Waals surface area (Å²) in [4.78, 5) is 12.0. The van der Waals surface area contributed by atoms with E-state index in [1.807, 2.05) is 6.92 Å². The highest BCUT2D eigenvalue weighted by atomic mass is 79.9. The number of carbonyl (C=O) groups is 1. The van der Waals surface area contributed by atoms with E-state index in [1.54, 1.807) is 16.9 Å². The number of carbonyl (C=O) groups excluding carboxylic acids is 1. The molecular formula is C12H13BrF3N5O. The normalized spacial score (nSPS) is 11.7. The van der Waals surface area contributed by atoms with Gasteiger partial charge in [-0.1, -0.05) is 0 Å². The first-order chi connectivity index (χ1) is 10.2. The van der Waals surface area contributed by atoms with E-state index in [1.165, 1.54) is 0 Å². The Labute approximate surface area is 132 Å². The largest absolute Gasteiger partial charge is 0.434 e. The number of hydrogen-bond donors (Lipinski definition) is 1. The first-order valence-corrected chi connectivity index (χ1v) is 7.13. The maximum absolute atomic E-state index is 12.8. The number of halogens is 4. The molecule has 22 heavy (non-hydrogen) atoms. The van der Waals surface area contributed by atoms with Gasteiger partial charge in [0.1, 0.15) is 0 Å². The Bertz CT molecular complexity index is 691. The molecule has 0 bridgehead atoms. The number of alkyl halides is 3. The zero-order valence-electron chi connectivity index (χ0n) is 11.8. The standard InChI is InChI=1S/C12H13BrF3N5O/c1-3-21-5-4-7(18-21)6-17-11(22)9-8(13)10(12(14,15)16)20(2)19-9/h4-5H,3,6H2,1-2H3,(H,17,22). The molecule has 2 rings (SSSR count). The molecule has 1 N–H and O–H groups in total. The molecular weight excluding hydrogens is 367 g/mol. The van der Waals surface area contributed by atoms with Crippen LogP contribution in [0.3, 0.4) is 0 Å². The highest BCUT2D eigenvalue weighted by Gasteiger charge is 2.39. The maximum Gasteiger partial charge on any atom is 0.434 e. The van der Waals surface area contributed by atoms with Crippen molar-refractivity contribution in [2.75, 3.05) is 0 Å². The molecule has 0 fully saturated rings. The summed E-state index contributed by atoms with van der Waals surface area (Å²) < 4.78 is 40.5. The van der Waals surface area contributed by atoms with Crippen LogP contribution in [0, 0.1) is 0 Å². The summed E-state index contributed by atoms with van der Waals surface area (Å²) in [7, 11) is 1.13. The third-order valence-corrected chi connectivity index (χ3v) is 3.67. The van der Waals surface area contributed by atoms with Crippen LogP contribution in [-0.2, 0) is 26.3 Å². The predicted octanol–water partition coefficient (Wildman–Crippen LogP) is 2.35. The van der Waals surface area contributed by atoms with Crippen molar-refractivity contribution in [3.8, 4) is 0 Å². The van der Waals surface area contributed by atoms with E-state index >= 15 is 0 Å². The second kappa shape index (κ2) is 6.11. The van der Waals surface area contributed by atoms with Gasteiger partial charge < -0.3 is 5.32 Å². The number of hydrogen-bond acceptors (Lipinski definition) is 3. The highest BCUT2D eigenvalue weighted by Crippen LogP contribution is 2.36. The third kappa shape index (κ3) is 3.32. The minimum atomic E-state index is -4.60. The minimum absolute atomic E-state index is 0.107. The van der Waals surface area contributed by atoms with Gasteiger partial charge in [0, 0.05) is 19.8 Å². The van der Waals surface area contributed by atoms with Gasteiger partial charge in [0.25, 0.3) is 5.91 Å². The lowest BCUT2D eigenvalue weighted by atomic mass is 10.3. The molecule has 6 nitrogen and oxygen atoms in total. The lowest BCUT2D eigenvalue weighted by Gasteiger charge is -2.06. The Kier molecular flexibility index (Phi) is 4.59. The first-order valence-electron chi connectivity index (χ1n) is 6.34. The zero-order chi connectivity index (χ0) is 16.5. The fourth-order valence-corrected chi connectivity index (χ4v) is 2.62. The van der Waals surface area contributed by atoms with E-state index < -0.39 is 17.8 Å². The van der Waals surface area contributed by atoms with Gasteiger partial charge in [0.2, 0.25) is 0 Å². The van der Waals surface area contributed by atoms with Crippen molar-refractivity contribution in [3.05, 3.63) is 33.8 Å². The van der Waals surface area contributed by atoms with Gasteiger partial charge in [-0.05, 0) is 28.9 Å². The SMILES string of the molecule is CCn1ccc(CNC(=O)c2nn(C)c(C(F)(F)F)c2Br)n1. The van der Waals surface area contributed by atoms with Crippen molar-refractivity contribution in [3.63, 3.8) is 0 Å². The van der Waals surface area contributed by atoms with Crippen LogP contribution >= 0.6 is 15.9 Å². The van der Waals surface area contributed by atoms with Crippen molar-refractivity contribution in [1.29, 1.82) is 0 Å². The van der Waals surface area contributed by atoms with E-state index in [-0.39, 0.29) is 16.7 Å². The molecule has 0 radical (unpaired) electrons. The summed E-state index contributed by atoms with van der Waals surface area (Å²) in [5, 5.41) is 10.3. The molecule has 0 spiro atoms. The van der Waals surface area contributed by atoms with Gasteiger partial charge in [-0.2, -0.15) is 23.4 Å². The summed E-state index contributed by atoms with van der Waals surface area (Å²) in [6, 6.07) is 1.72. The molecule has 0 aliphatic carbocycles. The molecule has 0 aliphatic heterocycles. The molecule has 10 heteroatoms. The Morgan fingerprint density at radius 2 is 2.09 bits per heavy atom. The predicted molar refractivity (Wildman–Crippen MR) is 75.0 cm³/mol. The highest BCUT2D eigenvalue weighted by molar-refractivity contribution is 9.10. The van der Waals surface area contributed by atoms with Crippen LogP contribution in [0.2, 0.25) is 0 Å². The molecule has 0 aromatic carbocycles. The van der Waals surface area contributed by atoms with E-state index in [0.29, 0.717) is 16.9 Å². The smallest absolute Gasteiger partial charge is 0.345 e. The topological polar surface area (TPSA) is 64.7 Å². The third-order valence-electron chi connectivity index (χ3n) is 2.92. The van der Waals surface area contributed by atoms with Gasteiger partial charge in [-0.25, -0.2) is 0 Å². The molecule has 2 heterocycles. The minimum Gasteiger partial charge on any atom is -0.345 e. The average Bonchev–Trinajstić information content (AvgIpc) is 2.99. The van der Waals surface area contributed by atoms with Crippen molar-refractivity contribution in [2.45, 2.75) is 26.2 Å². The fraction of sp³-hybridized carbons (Fsp3) is 0.417. The molecule has 1 amide bonds. The Hall–Kier alpha value is -1.84. The lowest BCUT2D eigenvalue weighted by Crippen LogP contribution is -2.24. The summed E-state index contributed by atoms with van der Waals surface area (Å²) in [5.74, 6) is -0.705. The van der Waals surface area contributed by atoms with Gasteiger partial charge >= 0.3 is 6.18 Å². The number of nitrogens with one attached hydrogen (secondary N) is 1. The summed E-state index contributed by atoms with van der Waals surface area (Å²) >= 11 is 2.80. The zero-order valence-corrected chi connectivity index (χ0v) is 13.4. The molecule has 2 aromatic rings. The first kappa shape index (κ1) is 16.5. The monoisotopic (exact) mass is 379 g/mol. The average molecular weight is 380 g/mol. The van der Waals surface area contributed by atoms with Crippen LogP contribution in [0.1, 0.15) is 28.8 Å². The van der Waals surface area contributed by atoms with Gasteiger partial charge in [0.05, 0.1) is 16.7 Å². The fourth-order valence-electron chi connectivity index (χ4n) is 1.88. The van der Waals surface area contributed by atoms with E-state index in [2.05, 4.69) is 31.4 Å². The maximum atomic E-state index is 12.8. The second-order valence-corrected chi connectivity index (χ2v) is 5.27. The van der Waals surface area contributed by atoms with Crippen LogP contribution in [-0.4, -0.2) is 25.5 Å². The second-order valence-electron chi connectivity index (χ2n) is 4.48. The van der Waals surface area contributed by atoms with Crippen molar-refractivity contribution < 1.29 is 18.0 Å². The summed E-state index contributed by atoms with van der Waals surface area (Å²) in [5.41, 5.74) is -0.712. The molecule has 120 valence electrons. The van der Waals surface area contributed by atoms with Crippen LogP contribution in [0.5, 0.6) is 0 Å². The summed E-state index contributed by atoms with van der Waals surface area (Å²) in [6.07, 6.45) is -2.85. The Morgan fingerprint density at radius 1 is 1.41 bits per heavy atom. The van der Waals surface area contributed by atoms with Crippen LogP contribution in [0.15, 0.2) is 16.7 Å². The van der Waals surface area contributed by atoms with E-state index in [0.717, 1.165) is 7.05 Å². The molecule has 0 atom stereocenters. The van der Waals surface area contributed by atoms with Crippen molar-refractivity contribution in [2.24, 2.45) is 7.05 Å². The number of aryl methyl sites for hydroxylation is 2. The van der Waals surface area contributed by atoms with Gasteiger partial charge in [-0.15, -0.1) is 0 Å². The van der Waals surface area contributed by atoms with Crippen LogP contribution in [0.4, 0.5) is 13.2 Å². The van der Waals surface area contributed by atoms with Crippen LogP contribution in [0.25, 0.3) is 0 Å². The molecule has 0 saturated heterocycles. The molecule has 0 saturated carbocycles. The number of amides is 1. The summed E-state index contributed by atoms with van der Waals surface area (Å²) in [6.45, 7) is 2.71. The molecule has 0 unspecified atom stereocenters. The van der Waals surface area contributed by atoms with Crippen molar-refractivity contribution in [1.82, 2.24) is 24.9 Å². The Morgan fingerprint density at radius 3 is 2.59 bits per heavy atom. The van der Waals surface area contributed by atoms with Gasteiger partial charge in [-0.3, -0.25) is 14.2 Å². The Balaban J connectivity index is 2.13. The number of aromatic nitrogens is 4. The van der Waals surface area contributed by atoms with E-state index in [9.17, 15) is 18.0 Å². The quantitative estimate of drug-likeness (QED) is 0.886. The van der Waals surface area contributed by atoms with Gasteiger partial charge in [0.15, 0.2) is 11.4 Å². The van der Waals surface area contributed by atoms with E-state index in [4.69, 9.17) is 0 Å². The number of nitrogens with zero attached hydrogens (tertiary/aromatic N) is 4. The van der Waals surface area contributed by atoms with Crippen molar-refractivity contribution >= 4 is 21.8 Å². The van der Waals surface area contributed by atoms with Crippen LogP contribution < -0.4 is 5.32 Å².